The molecule has 0 radical (unpaired) electrons. The largest absolute Gasteiger partial charge is 0.342 e. The van der Waals surface area contributed by atoms with Crippen molar-refractivity contribution in [2.24, 2.45) is 17.1 Å². The maximum absolute atomic E-state index is 12.3. The normalized spacial score (nSPS) is 32.5. The Balaban J connectivity index is 1.94. The van der Waals surface area contributed by atoms with Crippen molar-refractivity contribution in [3.8, 4) is 0 Å². The van der Waals surface area contributed by atoms with E-state index in [4.69, 9.17) is 5.73 Å². The summed E-state index contributed by atoms with van der Waals surface area (Å²) in [6, 6.07) is 0.0763. The molecule has 1 aliphatic heterocycles. The summed E-state index contributed by atoms with van der Waals surface area (Å²) < 4.78 is 0. The number of hydrogen-bond donors (Lipinski definition) is 1. The van der Waals surface area contributed by atoms with Crippen molar-refractivity contribution in [2.45, 2.75) is 45.6 Å². The first kappa shape index (κ1) is 12.6. The van der Waals surface area contributed by atoms with Crippen LogP contribution in [0.1, 0.15) is 39.5 Å². The van der Waals surface area contributed by atoms with E-state index in [1.165, 1.54) is 6.42 Å². The zero-order valence-corrected chi connectivity index (χ0v) is 11.0. The van der Waals surface area contributed by atoms with E-state index in [2.05, 4.69) is 13.8 Å². The van der Waals surface area contributed by atoms with Gasteiger partial charge in [0.2, 0.25) is 5.91 Å². The monoisotopic (exact) mass is 236 g/mol. The number of amides is 1. The predicted octanol–water partition coefficient (Wildman–Crippen LogP) is 1.93. The van der Waals surface area contributed by atoms with E-state index in [-0.39, 0.29) is 17.9 Å². The summed E-state index contributed by atoms with van der Waals surface area (Å²) in [6.07, 6.45) is 8.20. The average molecular weight is 236 g/mol. The summed E-state index contributed by atoms with van der Waals surface area (Å²) in [5.74, 6) is 0.318. The van der Waals surface area contributed by atoms with Gasteiger partial charge in [-0.05, 0) is 31.1 Å². The highest BCUT2D eigenvalue weighted by molar-refractivity contribution is 5.81. The fourth-order valence-corrected chi connectivity index (χ4v) is 2.79. The fourth-order valence-electron chi connectivity index (χ4n) is 2.79. The number of carbonyl (C=O) groups excluding carboxylic acids is 1. The highest BCUT2D eigenvalue weighted by atomic mass is 16.2. The van der Waals surface area contributed by atoms with E-state index in [9.17, 15) is 4.79 Å². The molecule has 1 heterocycles. The standard InChI is InChI=1S/C14H24N2O/c1-14(2)6-3-8-16(9-7-14)13(17)11-4-5-12(15)10-11/h4-5,11-12H,3,6-10,15H2,1-2H3. The lowest BCUT2D eigenvalue weighted by molar-refractivity contribution is -0.134. The molecule has 0 spiro atoms. The van der Waals surface area contributed by atoms with E-state index in [1.54, 1.807) is 0 Å². The first-order chi connectivity index (χ1) is 7.98. The minimum atomic E-state index is 0.0335. The van der Waals surface area contributed by atoms with Gasteiger partial charge in [0.1, 0.15) is 0 Å². The molecule has 3 heteroatoms. The van der Waals surface area contributed by atoms with Crippen LogP contribution < -0.4 is 5.73 Å². The molecule has 2 aliphatic rings. The number of rotatable bonds is 1. The van der Waals surface area contributed by atoms with Gasteiger partial charge < -0.3 is 10.6 Å². The van der Waals surface area contributed by atoms with E-state index < -0.39 is 0 Å². The molecule has 96 valence electrons. The molecule has 1 amide bonds. The van der Waals surface area contributed by atoms with Crippen LogP contribution in [0.4, 0.5) is 0 Å². The van der Waals surface area contributed by atoms with Gasteiger partial charge in [-0.15, -0.1) is 0 Å². The summed E-state index contributed by atoms with van der Waals surface area (Å²) in [4.78, 5) is 14.4. The molecular weight excluding hydrogens is 212 g/mol. The second-order valence-electron chi connectivity index (χ2n) is 6.23. The maximum Gasteiger partial charge on any atom is 0.229 e. The van der Waals surface area contributed by atoms with Gasteiger partial charge >= 0.3 is 0 Å². The number of nitrogens with two attached hydrogens (primary N) is 1. The second-order valence-corrected chi connectivity index (χ2v) is 6.23. The topological polar surface area (TPSA) is 46.3 Å². The first-order valence-corrected chi connectivity index (χ1v) is 6.71. The van der Waals surface area contributed by atoms with Gasteiger partial charge in [-0.25, -0.2) is 0 Å². The lowest BCUT2D eigenvalue weighted by Crippen LogP contribution is -2.37. The molecule has 2 N–H and O–H groups in total. The number of nitrogens with zero attached hydrogens (tertiary/aromatic N) is 1. The molecule has 1 saturated heterocycles. The van der Waals surface area contributed by atoms with Crippen molar-refractivity contribution < 1.29 is 4.79 Å². The lowest BCUT2D eigenvalue weighted by Gasteiger charge is -2.25. The molecule has 0 aromatic carbocycles. The predicted molar refractivity (Wildman–Crippen MR) is 69.4 cm³/mol. The fraction of sp³-hybridized carbons (Fsp3) is 0.786. The Morgan fingerprint density at radius 1 is 1.29 bits per heavy atom. The van der Waals surface area contributed by atoms with Gasteiger partial charge in [-0.1, -0.05) is 26.0 Å². The average Bonchev–Trinajstić information content (AvgIpc) is 2.60. The number of carbonyl (C=O) groups is 1. The second kappa shape index (κ2) is 4.81. The van der Waals surface area contributed by atoms with E-state index >= 15 is 0 Å². The molecule has 0 aromatic rings. The third kappa shape index (κ3) is 3.09. The smallest absolute Gasteiger partial charge is 0.229 e. The van der Waals surface area contributed by atoms with Crippen LogP contribution in [-0.2, 0) is 4.79 Å². The van der Waals surface area contributed by atoms with Crippen LogP contribution in [0.3, 0.4) is 0 Å². The SMILES string of the molecule is CC1(C)CCCN(C(=O)C2C=CC(N)C2)CC1. The maximum atomic E-state index is 12.3. The Morgan fingerprint density at radius 3 is 2.71 bits per heavy atom. The van der Waals surface area contributed by atoms with Gasteiger partial charge in [0.15, 0.2) is 0 Å². The zero-order valence-electron chi connectivity index (χ0n) is 11.0. The van der Waals surface area contributed by atoms with Crippen molar-refractivity contribution >= 4 is 5.91 Å². The summed E-state index contributed by atoms with van der Waals surface area (Å²) in [7, 11) is 0. The van der Waals surface area contributed by atoms with Crippen LogP contribution in [0.5, 0.6) is 0 Å². The first-order valence-electron chi connectivity index (χ1n) is 6.71. The molecule has 0 saturated carbocycles. The molecule has 17 heavy (non-hydrogen) atoms. The van der Waals surface area contributed by atoms with Crippen molar-refractivity contribution in [1.29, 1.82) is 0 Å². The van der Waals surface area contributed by atoms with Crippen LogP contribution in [-0.4, -0.2) is 29.9 Å². The van der Waals surface area contributed by atoms with Crippen molar-refractivity contribution in [2.75, 3.05) is 13.1 Å². The van der Waals surface area contributed by atoms with Crippen LogP contribution >= 0.6 is 0 Å². The van der Waals surface area contributed by atoms with Crippen LogP contribution in [0.25, 0.3) is 0 Å². The highest BCUT2D eigenvalue weighted by Crippen LogP contribution is 2.31. The molecule has 1 fully saturated rings. The third-order valence-electron chi connectivity index (χ3n) is 4.09. The third-order valence-corrected chi connectivity index (χ3v) is 4.09. The molecule has 0 aromatic heterocycles. The van der Waals surface area contributed by atoms with E-state index in [0.717, 1.165) is 32.4 Å². The molecule has 2 unspecified atom stereocenters. The molecule has 0 bridgehead atoms. The number of hydrogen-bond acceptors (Lipinski definition) is 2. The zero-order chi connectivity index (χ0) is 12.5. The Kier molecular flexibility index (Phi) is 3.57. The molecule has 1 aliphatic carbocycles. The number of likely N-dealkylation sites (tertiary alicyclic amines) is 1. The van der Waals surface area contributed by atoms with Crippen molar-refractivity contribution in [3.05, 3.63) is 12.2 Å². The van der Waals surface area contributed by atoms with Crippen LogP contribution in [0, 0.1) is 11.3 Å². The van der Waals surface area contributed by atoms with Gasteiger partial charge in [0.25, 0.3) is 0 Å². The van der Waals surface area contributed by atoms with Gasteiger partial charge in [0.05, 0.1) is 5.92 Å². The summed E-state index contributed by atoms with van der Waals surface area (Å²) in [6.45, 7) is 6.42. The molecular formula is C14H24N2O. The lowest BCUT2D eigenvalue weighted by atomic mass is 9.85. The molecule has 2 atom stereocenters. The summed E-state index contributed by atoms with van der Waals surface area (Å²) in [5, 5.41) is 0. The van der Waals surface area contributed by atoms with Crippen LogP contribution in [0.2, 0.25) is 0 Å². The molecule has 3 nitrogen and oxygen atoms in total. The van der Waals surface area contributed by atoms with Gasteiger partial charge in [0, 0.05) is 19.1 Å². The minimum absolute atomic E-state index is 0.0335. The summed E-state index contributed by atoms with van der Waals surface area (Å²) >= 11 is 0. The van der Waals surface area contributed by atoms with Crippen LogP contribution in [0.15, 0.2) is 12.2 Å². The highest BCUT2D eigenvalue weighted by Gasteiger charge is 2.30. The van der Waals surface area contributed by atoms with Crippen molar-refractivity contribution in [3.63, 3.8) is 0 Å². The van der Waals surface area contributed by atoms with Crippen molar-refractivity contribution in [1.82, 2.24) is 4.90 Å². The van der Waals surface area contributed by atoms with E-state index in [0.29, 0.717) is 5.41 Å². The van der Waals surface area contributed by atoms with E-state index in [1.807, 2.05) is 17.1 Å². The Bertz CT molecular complexity index is 322. The van der Waals surface area contributed by atoms with Gasteiger partial charge in [-0.2, -0.15) is 0 Å². The minimum Gasteiger partial charge on any atom is -0.342 e. The molecule has 2 rings (SSSR count). The Hall–Kier alpha value is -0.830. The Morgan fingerprint density at radius 2 is 2.06 bits per heavy atom. The van der Waals surface area contributed by atoms with Gasteiger partial charge in [-0.3, -0.25) is 4.79 Å². The summed E-state index contributed by atoms with van der Waals surface area (Å²) in [5.41, 5.74) is 6.19. The Labute approximate surface area is 104 Å². The quantitative estimate of drug-likeness (QED) is 0.707.